The number of carbonyl (C=O) groups is 4. The zero-order valence-electron chi connectivity index (χ0n) is 47.1. The van der Waals surface area contributed by atoms with Crippen LogP contribution in [0.25, 0.3) is 16.6 Å². The number of piperidine rings is 1. The fraction of sp³-hybridized carbons (Fsp3) is 0.403. The van der Waals surface area contributed by atoms with Crippen molar-refractivity contribution < 1.29 is 37.3 Å². The molecule has 4 amide bonds. The lowest BCUT2D eigenvalue weighted by Gasteiger charge is -2.39. The number of fused-ring (bicyclic) bond motifs is 2. The zero-order chi connectivity index (χ0) is 58.7. The minimum absolute atomic E-state index is 0.0537. The number of ether oxygens (including phenoxy) is 1. The molecule has 1 saturated carbocycles. The summed E-state index contributed by atoms with van der Waals surface area (Å²) < 4.78 is 36.5. The van der Waals surface area contributed by atoms with E-state index in [-0.39, 0.29) is 46.6 Å². The van der Waals surface area contributed by atoms with Gasteiger partial charge in [-0.25, -0.2) is 18.1 Å². The lowest BCUT2D eigenvalue weighted by Crippen LogP contribution is -2.52. The van der Waals surface area contributed by atoms with E-state index in [1.807, 2.05) is 30.3 Å². The monoisotopic (exact) mass is 1200 g/mol. The fourth-order valence-corrected chi connectivity index (χ4v) is 14.4. The minimum atomic E-state index is -4.62. The van der Waals surface area contributed by atoms with E-state index in [1.54, 1.807) is 53.2 Å². The number of anilines is 2. The molecule has 440 valence electrons. The predicted molar refractivity (Wildman–Crippen MR) is 325 cm³/mol. The van der Waals surface area contributed by atoms with Gasteiger partial charge in [0.1, 0.15) is 28.9 Å². The Morgan fingerprint density at radius 3 is 2.51 bits per heavy atom. The summed E-state index contributed by atoms with van der Waals surface area (Å²) >= 11 is 7.96. The number of halogens is 1. The highest BCUT2D eigenvalue weighted by atomic mass is 35.5. The lowest BCUT2D eigenvalue weighted by molar-refractivity contribution is -0.384. The first-order chi connectivity index (χ1) is 40.4. The number of nitrogens with zero attached hydrogens (tertiary/aromatic N) is 5. The van der Waals surface area contributed by atoms with Gasteiger partial charge in [0, 0.05) is 103 Å². The van der Waals surface area contributed by atoms with Crippen molar-refractivity contribution in [1.29, 1.82) is 0 Å². The summed E-state index contributed by atoms with van der Waals surface area (Å²) in [5.74, 6) is -0.365. The van der Waals surface area contributed by atoms with Gasteiger partial charge in [0.25, 0.3) is 27.5 Å². The predicted octanol–water partition coefficient (Wildman–Crippen LogP) is 10.3. The number of rotatable bonds is 20. The first-order valence-corrected chi connectivity index (χ1v) is 31.7. The molecule has 5 N–H and O–H groups in total. The van der Waals surface area contributed by atoms with Crippen LogP contribution in [-0.4, -0.2) is 120 Å². The second-order valence-corrected chi connectivity index (χ2v) is 26.6. The van der Waals surface area contributed by atoms with E-state index < -0.39 is 43.4 Å². The number of thioether (sulfide) groups is 1. The standard InChI is InChI=1S/C62H69ClN10O9S2/c1-62(2)23-21-42(50(34-62)40-9-11-43(63)12-10-40)37-70-26-28-71(29-27-70)45-15-17-49(55(32-45)82-46-31-41-22-25-65-58(41)67-36-46)59(75)69-84(80,81)47-16-18-52(54(33-47)73(78)79)66-35-39-7-13-44(14-8-39)64-24-4-30-83-56-6-3-5-48-51(56)38-72(61(48)77)53-19-20-57(74)68-60(53)76/h3,5-6,9-12,15-18,22,25,31-33,36,39,44,53,64,66H,4,7-8,13-14,19-21,23-24,26-30,34-35,37-38H2,1-2H3,(H,65,67)(H,69,75)(H,68,74,76)/t39-,44-,53?. The summed E-state index contributed by atoms with van der Waals surface area (Å²) in [6, 6.07) is 25.8. The van der Waals surface area contributed by atoms with Crippen molar-refractivity contribution in [3.8, 4) is 11.5 Å². The number of imide groups is 1. The van der Waals surface area contributed by atoms with Crippen molar-refractivity contribution in [2.75, 3.05) is 61.8 Å². The molecule has 84 heavy (non-hydrogen) atoms. The summed E-state index contributed by atoms with van der Waals surface area (Å²) in [4.78, 5) is 77.9. The number of benzene rings is 4. The molecule has 19 nitrogen and oxygen atoms in total. The Labute approximate surface area is 497 Å². The molecule has 1 atom stereocenters. The quantitative estimate of drug-likeness (QED) is 0.0157. The molecule has 1 unspecified atom stereocenters. The normalized spacial score (nSPS) is 20.2. The molecule has 0 spiro atoms. The van der Waals surface area contributed by atoms with Crippen LogP contribution in [0.1, 0.15) is 110 Å². The number of nitro benzene ring substituents is 1. The molecule has 5 aliphatic rings. The van der Waals surface area contributed by atoms with Gasteiger partial charge in [-0.2, -0.15) is 0 Å². The van der Waals surface area contributed by atoms with Crippen molar-refractivity contribution in [2.24, 2.45) is 11.3 Å². The molecule has 2 aliphatic carbocycles. The number of allylic oxidation sites excluding steroid dienone is 1. The van der Waals surface area contributed by atoms with E-state index in [2.05, 4.69) is 66.4 Å². The molecule has 6 aromatic rings. The molecule has 22 heteroatoms. The Hall–Kier alpha value is -7.30. The summed E-state index contributed by atoms with van der Waals surface area (Å²) in [7, 11) is -4.62. The molecule has 5 heterocycles. The topological polar surface area (TPSA) is 241 Å². The molecule has 3 fully saturated rings. The number of pyridine rings is 1. The van der Waals surface area contributed by atoms with E-state index in [4.69, 9.17) is 16.3 Å². The van der Waals surface area contributed by atoms with Crippen molar-refractivity contribution in [3.05, 3.63) is 146 Å². The van der Waals surface area contributed by atoms with Gasteiger partial charge in [-0.05, 0) is 159 Å². The Balaban J connectivity index is 0.681. The van der Waals surface area contributed by atoms with Crippen molar-refractivity contribution in [2.45, 2.75) is 106 Å². The summed E-state index contributed by atoms with van der Waals surface area (Å²) in [6.07, 6.45) is 11.5. The Morgan fingerprint density at radius 2 is 1.74 bits per heavy atom. The number of hydrogen-bond acceptors (Lipinski definition) is 15. The van der Waals surface area contributed by atoms with Gasteiger partial charge < -0.3 is 30.2 Å². The number of carbonyl (C=O) groups excluding carboxylic acids is 4. The van der Waals surface area contributed by atoms with Crippen LogP contribution in [0.3, 0.4) is 0 Å². The average Bonchev–Trinajstić information content (AvgIpc) is 2.72. The fourth-order valence-electron chi connectivity index (χ4n) is 12.3. The number of aromatic nitrogens is 2. The summed E-state index contributed by atoms with van der Waals surface area (Å²) in [6.45, 7) is 10.2. The highest BCUT2D eigenvalue weighted by Gasteiger charge is 2.40. The molecule has 0 bridgehead atoms. The SMILES string of the molecule is CC1(C)CCC(CN2CCN(c3ccc(C(=O)NS(=O)(=O)c4ccc(NC[C@H]5CC[C@H](NCCCSc6cccc7c6CN(C6CCC(=O)NC6=O)C7=O)CC5)c([N+](=O)[O-])c4)c(Oc4cnc5[nH]ccc5c4)c3)CC2)=C(c2ccc(Cl)cc2)C1. The van der Waals surface area contributed by atoms with E-state index in [9.17, 15) is 37.7 Å². The van der Waals surface area contributed by atoms with Gasteiger partial charge in [-0.3, -0.25) is 39.5 Å². The molecular formula is C62H69ClN10O9S2. The molecule has 4 aromatic carbocycles. The third-order valence-corrected chi connectivity index (χ3v) is 19.8. The maximum atomic E-state index is 14.2. The van der Waals surface area contributed by atoms with Crippen molar-refractivity contribution >= 4 is 90.7 Å². The van der Waals surface area contributed by atoms with Crippen LogP contribution in [0.2, 0.25) is 5.02 Å². The van der Waals surface area contributed by atoms with Crippen LogP contribution >= 0.6 is 23.4 Å². The highest BCUT2D eigenvalue weighted by molar-refractivity contribution is 7.99. The van der Waals surface area contributed by atoms with Gasteiger partial charge in [-0.1, -0.05) is 49.2 Å². The number of H-pyrrole nitrogens is 1. The van der Waals surface area contributed by atoms with Gasteiger partial charge >= 0.3 is 0 Å². The number of aromatic amines is 1. The number of amides is 4. The van der Waals surface area contributed by atoms with Crippen molar-refractivity contribution in [1.82, 2.24) is 35.1 Å². The molecule has 2 aromatic heterocycles. The van der Waals surface area contributed by atoms with Crippen LogP contribution in [0.4, 0.5) is 17.1 Å². The van der Waals surface area contributed by atoms with Crippen LogP contribution in [0.15, 0.2) is 119 Å². The van der Waals surface area contributed by atoms with Crippen molar-refractivity contribution in [3.63, 3.8) is 0 Å². The second-order valence-electron chi connectivity index (χ2n) is 23.4. The Kier molecular flexibility index (Phi) is 17.5. The average molecular weight is 1200 g/mol. The van der Waals surface area contributed by atoms with Crippen LogP contribution < -0.4 is 30.3 Å². The van der Waals surface area contributed by atoms with Gasteiger partial charge in [-0.15, -0.1) is 11.8 Å². The molecule has 3 aliphatic heterocycles. The Bertz CT molecular complexity index is 3650. The minimum Gasteiger partial charge on any atom is -0.455 e. The number of piperazine rings is 1. The first kappa shape index (κ1) is 58.5. The summed E-state index contributed by atoms with van der Waals surface area (Å²) in [5, 5.41) is 23.2. The maximum Gasteiger partial charge on any atom is 0.293 e. The molecular weight excluding hydrogens is 1130 g/mol. The van der Waals surface area contributed by atoms with E-state index in [0.717, 1.165) is 116 Å². The van der Waals surface area contributed by atoms with E-state index in [1.165, 1.54) is 35.0 Å². The van der Waals surface area contributed by atoms with Crippen LogP contribution in [0, 0.1) is 21.4 Å². The Morgan fingerprint density at radius 1 is 0.940 bits per heavy atom. The largest absolute Gasteiger partial charge is 0.455 e. The second kappa shape index (κ2) is 25.1. The number of sulfonamides is 1. The van der Waals surface area contributed by atoms with Gasteiger partial charge in [0.2, 0.25) is 11.8 Å². The molecule has 11 rings (SSSR count). The molecule has 0 radical (unpaired) electrons. The lowest BCUT2D eigenvalue weighted by atomic mass is 9.72. The zero-order valence-corrected chi connectivity index (χ0v) is 49.5. The van der Waals surface area contributed by atoms with Gasteiger partial charge in [0.05, 0.1) is 21.6 Å². The van der Waals surface area contributed by atoms with Crippen LogP contribution in [-0.2, 0) is 26.2 Å². The highest BCUT2D eigenvalue weighted by Crippen LogP contribution is 2.44. The van der Waals surface area contributed by atoms with Gasteiger partial charge in [0.15, 0.2) is 0 Å². The maximum absolute atomic E-state index is 14.2. The third-order valence-electron chi connectivity index (χ3n) is 17.0. The number of hydrogen-bond donors (Lipinski definition) is 5. The number of nitrogens with one attached hydrogen (secondary N) is 5. The molecule has 2 saturated heterocycles. The van der Waals surface area contributed by atoms with E-state index >= 15 is 0 Å². The first-order valence-electron chi connectivity index (χ1n) is 28.8. The summed E-state index contributed by atoms with van der Waals surface area (Å²) in [5.41, 5.74) is 6.95. The number of nitro groups is 1. The third kappa shape index (κ3) is 13.4. The van der Waals surface area contributed by atoms with Crippen LogP contribution in [0.5, 0.6) is 11.5 Å². The smallest absolute Gasteiger partial charge is 0.293 e. The van der Waals surface area contributed by atoms with E-state index in [0.29, 0.717) is 55.6 Å².